The fourth-order valence-electron chi connectivity index (χ4n) is 0.806. The number of epoxide rings is 1. The smallest absolute Gasteiger partial charge is 0.0921 e. The van der Waals surface area contributed by atoms with E-state index in [1.54, 1.807) is 0 Å². The lowest BCUT2D eigenvalue weighted by Crippen LogP contribution is -2.00. The van der Waals surface area contributed by atoms with Crippen molar-refractivity contribution in [3.8, 4) is 0 Å². The van der Waals surface area contributed by atoms with Gasteiger partial charge in [-0.1, -0.05) is 6.92 Å². The monoisotopic (exact) mass is 99.1 g/mol. The van der Waals surface area contributed by atoms with Crippen molar-refractivity contribution in [2.75, 3.05) is 0 Å². The van der Waals surface area contributed by atoms with Gasteiger partial charge < -0.3 is 4.74 Å². The van der Waals surface area contributed by atoms with Crippen molar-refractivity contribution < 1.29 is 4.74 Å². The second-order valence-corrected chi connectivity index (χ2v) is 2.33. The van der Waals surface area contributed by atoms with Crippen LogP contribution in [0.15, 0.2) is 0 Å². The van der Waals surface area contributed by atoms with Crippen molar-refractivity contribution in [1.29, 1.82) is 0 Å². The van der Waals surface area contributed by atoms with Crippen molar-refractivity contribution in [3.63, 3.8) is 0 Å². The highest BCUT2D eigenvalue weighted by Crippen LogP contribution is 2.36. The van der Waals surface area contributed by atoms with Gasteiger partial charge in [-0.3, -0.25) is 0 Å². The van der Waals surface area contributed by atoms with Crippen LogP contribution in [0.25, 0.3) is 0 Å². The first-order valence-corrected chi connectivity index (χ1v) is 2.70. The number of hydrogen-bond donors (Lipinski definition) is 0. The Bertz CT molecular complexity index is 76.2. The molecule has 1 radical (unpaired) electrons. The molecule has 1 aliphatic rings. The first-order valence-electron chi connectivity index (χ1n) is 2.70. The summed E-state index contributed by atoms with van der Waals surface area (Å²) < 4.78 is 5.14. The maximum Gasteiger partial charge on any atom is 0.0921 e. The summed E-state index contributed by atoms with van der Waals surface area (Å²) in [6.07, 6.45) is 1.53. The molecule has 0 aromatic carbocycles. The van der Waals surface area contributed by atoms with Gasteiger partial charge in [0.25, 0.3) is 0 Å². The number of hydrogen-bond acceptors (Lipinski definition) is 1. The molecule has 1 aliphatic heterocycles. The lowest BCUT2D eigenvalue weighted by molar-refractivity contribution is 0.339. The van der Waals surface area contributed by atoms with Gasteiger partial charge in [-0.15, -0.1) is 0 Å². The van der Waals surface area contributed by atoms with Gasteiger partial charge in [0.05, 0.1) is 11.7 Å². The average Bonchev–Trinajstić information content (AvgIpc) is 2.13. The molecule has 2 atom stereocenters. The molecule has 0 bridgehead atoms. The summed E-state index contributed by atoms with van der Waals surface area (Å²) >= 11 is 0. The van der Waals surface area contributed by atoms with Crippen LogP contribution in [0.1, 0.15) is 20.3 Å². The minimum atomic E-state index is -0.0330. The van der Waals surface area contributed by atoms with Gasteiger partial charge in [-0.25, -0.2) is 0 Å². The van der Waals surface area contributed by atoms with Crippen LogP contribution in [0.3, 0.4) is 0 Å². The van der Waals surface area contributed by atoms with E-state index in [9.17, 15) is 0 Å². The fourth-order valence-corrected chi connectivity index (χ4v) is 0.806. The molecule has 2 unspecified atom stereocenters. The molecular weight excluding hydrogens is 88.1 g/mol. The molecule has 0 amide bonds. The van der Waals surface area contributed by atoms with E-state index < -0.39 is 0 Å². The standard InChI is InChI=1S/C6H11O/c1-4-5-6(2,3)7-5/h5H,2,4H2,1,3H3. The maximum absolute atomic E-state index is 5.14. The van der Waals surface area contributed by atoms with Crippen LogP contribution in [-0.4, -0.2) is 11.7 Å². The Balaban J connectivity index is 2.30. The van der Waals surface area contributed by atoms with Gasteiger partial charge in [0.15, 0.2) is 0 Å². The zero-order valence-corrected chi connectivity index (χ0v) is 4.90. The maximum atomic E-state index is 5.14. The van der Waals surface area contributed by atoms with Crippen molar-refractivity contribution in [2.45, 2.75) is 32.0 Å². The van der Waals surface area contributed by atoms with Crippen LogP contribution in [0.2, 0.25) is 0 Å². The van der Waals surface area contributed by atoms with E-state index in [-0.39, 0.29) is 5.60 Å². The fraction of sp³-hybridized carbons (Fsp3) is 0.833. The largest absolute Gasteiger partial charge is 0.366 e. The Morgan fingerprint density at radius 3 is 2.29 bits per heavy atom. The molecule has 0 saturated carbocycles. The summed E-state index contributed by atoms with van der Waals surface area (Å²) in [7, 11) is 0. The van der Waals surface area contributed by atoms with Crippen molar-refractivity contribution in [2.24, 2.45) is 0 Å². The van der Waals surface area contributed by atoms with E-state index >= 15 is 0 Å². The summed E-state index contributed by atoms with van der Waals surface area (Å²) in [5.74, 6) is 0. The number of ether oxygens (including phenoxy) is 1. The second kappa shape index (κ2) is 1.22. The zero-order valence-electron chi connectivity index (χ0n) is 4.90. The molecule has 1 fully saturated rings. The van der Waals surface area contributed by atoms with Crippen LogP contribution in [0.4, 0.5) is 0 Å². The lowest BCUT2D eigenvalue weighted by atomic mass is 10.1. The average molecular weight is 99.2 g/mol. The first kappa shape index (κ1) is 5.10. The van der Waals surface area contributed by atoms with E-state index in [2.05, 4.69) is 13.8 Å². The van der Waals surface area contributed by atoms with E-state index in [0.29, 0.717) is 6.10 Å². The molecule has 0 aromatic rings. The Hall–Kier alpha value is -0.0400. The van der Waals surface area contributed by atoms with Gasteiger partial charge in [0.1, 0.15) is 0 Å². The predicted molar refractivity (Wildman–Crippen MR) is 28.9 cm³/mol. The number of rotatable bonds is 1. The molecule has 0 N–H and O–H groups in total. The summed E-state index contributed by atoms with van der Waals surface area (Å²) in [5.41, 5.74) is -0.0330. The summed E-state index contributed by atoms with van der Waals surface area (Å²) in [4.78, 5) is 0. The van der Waals surface area contributed by atoms with Gasteiger partial charge in [0, 0.05) is 0 Å². The Morgan fingerprint density at radius 2 is 2.29 bits per heavy atom. The zero-order chi connectivity index (χ0) is 5.49. The molecule has 1 heteroatoms. The van der Waals surface area contributed by atoms with Crippen molar-refractivity contribution in [1.82, 2.24) is 0 Å². The SMILES string of the molecule is [CH2]C1(C)OC1CC. The molecule has 7 heavy (non-hydrogen) atoms. The van der Waals surface area contributed by atoms with Crippen LogP contribution < -0.4 is 0 Å². The van der Waals surface area contributed by atoms with E-state index in [0.717, 1.165) is 6.42 Å². The third-order valence-electron chi connectivity index (χ3n) is 1.41. The normalized spacial score (nSPS) is 35.6. The quantitative estimate of drug-likeness (QED) is 0.452. The topological polar surface area (TPSA) is 12.5 Å². The third kappa shape index (κ3) is 0.778. The molecule has 1 nitrogen and oxygen atoms in total. The van der Waals surface area contributed by atoms with Crippen LogP contribution in [0, 0.1) is 6.92 Å². The van der Waals surface area contributed by atoms with E-state index in [1.165, 1.54) is 0 Å². The molecule has 41 valence electrons. The van der Waals surface area contributed by atoms with Crippen molar-refractivity contribution in [3.05, 3.63) is 6.92 Å². The summed E-state index contributed by atoms with van der Waals surface area (Å²) in [6.45, 7) is 7.94. The van der Waals surface area contributed by atoms with Crippen LogP contribution in [0.5, 0.6) is 0 Å². The minimum absolute atomic E-state index is 0.0330. The molecule has 1 saturated heterocycles. The third-order valence-corrected chi connectivity index (χ3v) is 1.41. The molecule has 1 heterocycles. The Labute approximate surface area is 44.7 Å². The van der Waals surface area contributed by atoms with Gasteiger partial charge in [-0.2, -0.15) is 0 Å². The van der Waals surface area contributed by atoms with Crippen molar-refractivity contribution >= 4 is 0 Å². The van der Waals surface area contributed by atoms with Gasteiger partial charge in [-0.05, 0) is 20.3 Å². The second-order valence-electron chi connectivity index (χ2n) is 2.33. The summed E-state index contributed by atoms with van der Waals surface area (Å²) in [6, 6.07) is 0. The lowest BCUT2D eigenvalue weighted by Gasteiger charge is -1.87. The van der Waals surface area contributed by atoms with Gasteiger partial charge in [0.2, 0.25) is 0 Å². The summed E-state index contributed by atoms with van der Waals surface area (Å²) in [5, 5.41) is 0. The predicted octanol–water partition coefficient (Wildman–Crippen LogP) is 1.39. The molecule has 0 aliphatic carbocycles. The van der Waals surface area contributed by atoms with Crippen LogP contribution >= 0.6 is 0 Å². The minimum Gasteiger partial charge on any atom is -0.366 e. The molecular formula is C6H11O. The molecule has 1 rings (SSSR count). The molecule has 0 aromatic heterocycles. The highest BCUT2D eigenvalue weighted by Gasteiger charge is 2.45. The Morgan fingerprint density at radius 1 is 1.86 bits per heavy atom. The van der Waals surface area contributed by atoms with E-state index in [4.69, 9.17) is 4.74 Å². The highest BCUT2D eigenvalue weighted by atomic mass is 16.6. The first-order chi connectivity index (χ1) is 3.17. The highest BCUT2D eigenvalue weighted by molar-refractivity contribution is 5.00. The van der Waals surface area contributed by atoms with Gasteiger partial charge >= 0.3 is 0 Å². The Kier molecular flexibility index (Phi) is 0.890. The van der Waals surface area contributed by atoms with Crippen LogP contribution in [-0.2, 0) is 4.74 Å². The van der Waals surface area contributed by atoms with E-state index in [1.807, 2.05) is 6.92 Å². The molecule has 0 spiro atoms.